The van der Waals surface area contributed by atoms with Gasteiger partial charge < -0.3 is 5.32 Å². The van der Waals surface area contributed by atoms with Crippen LogP contribution in [0.15, 0.2) is 4.47 Å². The number of halogens is 1. The minimum atomic E-state index is 0.646. The van der Waals surface area contributed by atoms with Gasteiger partial charge in [-0.15, -0.1) is 0 Å². The summed E-state index contributed by atoms with van der Waals surface area (Å²) in [6.07, 6.45) is 4.12. The van der Waals surface area contributed by atoms with E-state index in [0.717, 1.165) is 24.8 Å². The van der Waals surface area contributed by atoms with Crippen molar-refractivity contribution in [1.82, 2.24) is 20.0 Å². The van der Waals surface area contributed by atoms with Crippen LogP contribution in [0.25, 0.3) is 0 Å². The van der Waals surface area contributed by atoms with E-state index in [2.05, 4.69) is 49.8 Å². The van der Waals surface area contributed by atoms with Crippen molar-refractivity contribution < 1.29 is 0 Å². The molecule has 0 radical (unpaired) electrons. The van der Waals surface area contributed by atoms with Gasteiger partial charge in [0.2, 0.25) is 0 Å². The second-order valence-corrected chi connectivity index (χ2v) is 6.55. The molecule has 1 N–H and O–H groups in total. The summed E-state index contributed by atoms with van der Waals surface area (Å²) >= 11 is 3.66. The van der Waals surface area contributed by atoms with Crippen LogP contribution in [0, 0.1) is 6.92 Å². The first-order valence-electron chi connectivity index (χ1n) is 7.38. The lowest BCUT2D eigenvalue weighted by Gasteiger charge is -2.16. The fraction of sp³-hybridized carbons (Fsp3) is 0.786. The maximum atomic E-state index is 4.55. The highest BCUT2D eigenvalue weighted by atomic mass is 79.9. The zero-order valence-corrected chi connectivity index (χ0v) is 13.4. The van der Waals surface area contributed by atoms with Crippen molar-refractivity contribution >= 4 is 15.9 Å². The summed E-state index contributed by atoms with van der Waals surface area (Å²) in [4.78, 5) is 2.65. The molecule has 1 unspecified atom stereocenters. The summed E-state index contributed by atoms with van der Waals surface area (Å²) in [5, 5.41) is 8.25. The summed E-state index contributed by atoms with van der Waals surface area (Å²) in [7, 11) is 0. The molecule has 106 valence electrons. The van der Waals surface area contributed by atoms with E-state index in [1.54, 1.807) is 0 Å². The molecule has 1 aliphatic heterocycles. The summed E-state index contributed by atoms with van der Waals surface area (Å²) in [6.45, 7) is 8.55. The fourth-order valence-corrected chi connectivity index (χ4v) is 3.43. The molecule has 2 aliphatic rings. The monoisotopic (exact) mass is 326 g/mol. The molecule has 0 bridgehead atoms. The Kier molecular flexibility index (Phi) is 3.96. The highest BCUT2D eigenvalue weighted by Crippen LogP contribution is 2.30. The smallest absolute Gasteiger partial charge is 0.0739 e. The molecule has 2 heterocycles. The van der Waals surface area contributed by atoms with E-state index in [0.29, 0.717) is 6.04 Å². The Balaban J connectivity index is 1.57. The van der Waals surface area contributed by atoms with E-state index < -0.39 is 0 Å². The number of nitrogens with zero attached hydrogens (tertiary/aromatic N) is 3. The van der Waals surface area contributed by atoms with Gasteiger partial charge >= 0.3 is 0 Å². The quantitative estimate of drug-likeness (QED) is 0.901. The third-order valence-corrected chi connectivity index (χ3v) is 5.33. The summed E-state index contributed by atoms with van der Waals surface area (Å²) in [5.74, 6) is 0. The second kappa shape index (κ2) is 5.54. The third kappa shape index (κ3) is 2.88. The van der Waals surface area contributed by atoms with Crippen LogP contribution in [0.2, 0.25) is 0 Å². The standard InChI is InChI=1S/C14H23BrN4/c1-3-19-13(14(15)10(2)17-19)8-16-11-6-7-18(9-11)12-4-5-12/h11-12,16H,3-9H2,1-2H3. The zero-order chi connectivity index (χ0) is 13.4. The molecule has 1 aromatic heterocycles. The van der Waals surface area contributed by atoms with E-state index in [4.69, 9.17) is 0 Å². The largest absolute Gasteiger partial charge is 0.307 e. The molecular weight excluding hydrogens is 304 g/mol. The lowest BCUT2D eigenvalue weighted by atomic mass is 10.2. The minimum Gasteiger partial charge on any atom is -0.307 e. The predicted molar refractivity (Wildman–Crippen MR) is 80.2 cm³/mol. The molecule has 0 spiro atoms. The van der Waals surface area contributed by atoms with Crippen molar-refractivity contribution in [2.75, 3.05) is 13.1 Å². The maximum absolute atomic E-state index is 4.55. The number of rotatable bonds is 5. The van der Waals surface area contributed by atoms with Crippen molar-refractivity contribution in [2.24, 2.45) is 0 Å². The number of hydrogen-bond donors (Lipinski definition) is 1. The van der Waals surface area contributed by atoms with Crippen LogP contribution in [-0.4, -0.2) is 39.9 Å². The Morgan fingerprint density at radius 3 is 2.84 bits per heavy atom. The van der Waals surface area contributed by atoms with Gasteiger partial charge in [0, 0.05) is 38.3 Å². The molecule has 1 atom stereocenters. The normalized spacial score (nSPS) is 24.3. The Morgan fingerprint density at radius 2 is 2.16 bits per heavy atom. The molecule has 19 heavy (non-hydrogen) atoms. The summed E-state index contributed by atoms with van der Waals surface area (Å²) < 4.78 is 3.26. The molecule has 1 saturated carbocycles. The van der Waals surface area contributed by atoms with Gasteiger partial charge in [-0.1, -0.05) is 0 Å². The molecule has 5 heteroatoms. The first kappa shape index (κ1) is 13.6. The highest BCUT2D eigenvalue weighted by Gasteiger charge is 2.34. The Hall–Kier alpha value is -0.390. The molecule has 1 aliphatic carbocycles. The van der Waals surface area contributed by atoms with Crippen LogP contribution in [0.1, 0.15) is 37.6 Å². The number of aromatic nitrogens is 2. The van der Waals surface area contributed by atoms with Crippen LogP contribution in [-0.2, 0) is 13.1 Å². The molecule has 3 rings (SSSR count). The average Bonchev–Trinajstić information content (AvgIpc) is 3.09. The highest BCUT2D eigenvalue weighted by molar-refractivity contribution is 9.10. The SMILES string of the molecule is CCn1nc(C)c(Br)c1CNC1CCN(C2CC2)C1. The summed E-state index contributed by atoms with van der Waals surface area (Å²) in [5.41, 5.74) is 2.37. The average molecular weight is 327 g/mol. The van der Waals surface area contributed by atoms with E-state index >= 15 is 0 Å². The van der Waals surface area contributed by atoms with Crippen molar-refractivity contribution in [1.29, 1.82) is 0 Å². The van der Waals surface area contributed by atoms with Crippen LogP contribution < -0.4 is 5.32 Å². The van der Waals surface area contributed by atoms with E-state index in [1.807, 2.05) is 0 Å². The minimum absolute atomic E-state index is 0.646. The first-order valence-corrected chi connectivity index (χ1v) is 8.17. The van der Waals surface area contributed by atoms with Gasteiger partial charge in [0.1, 0.15) is 0 Å². The molecule has 1 saturated heterocycles. The van der Waals surface area contributed by atoms with E-state index in [-0.39, 0.29) is 0 Å². The van der Waals surface area contributed by atoms with Crippen LogP contribution in [0.3, 0.4) is 0 Å². The van der Waals surface area contributed by atoms with Gasteiger partial charge in [-0.3, -0.25) is 9.58 Å². The van der Waals surface area contributed by atoms with Gasteiger partial charge in [0.15, 0.2) is 0 Å². The molecule has 1 aromatic rings. The van der Waals surface area contributed by atoms with Gasteiger partial charge in [-0.25, -0.2) is 0 Å². The van der Waals surface area contributed by atoms with Gasteiger partial charge in [-0.2, -0.15) is 5.10 Å². The molecule has 0 aromatic carbocycles. The molecule has 4 nitrogen and oxygen atoms in total. The topological polar surface area (TPSA) is 33.1 Å². The maximum Gasteiger partial charge on any atom is 0.0739 e. The first-order chi connectivity index (χ1) is 9.19. The number of likely N-dealkylation sites (tertiary alicyclic amines) is 1. The Bertz CT molecular complexity index is 453. The predicted octanol–water partition coefficient (Wildman–Crippen LogP) is 2.30. The Labute approximate surface area is 123 Å². The fourth-order valence-electron chi connectivity index (χ4n) is 3.00. The molecular formula is C14H23BrN4. The number of aryl methyl sites for hydroxylation is 2. The van der Waals surface area contributed by atoms with Crippen molar-refractivity contribution in [3.8, 4) is 0 Å². The lowest BCUT2D eigenvalue weighted by Crippen LogP contribution is -2.33. The second-order valence-electron chi connectivity index (χ2n) is 5.75. The van der Waals surface area contributed by atoms with Gasteiger partial charge in [0.25, 0.3) is 0 Å². The van der Waals surface area contributed by atoms with Crippen molar-refractivity contribution in [2.45, 2.75) is 58.3 Å². The third-order valence-electron chi connectivity index (χ3n) is 4.29. The zero-order valence-electron chi connectivity index (χ0n) is 11.8. The van der Waals surface area contributed by atoms with Gasteiger partial charge in [0.05, 0.1) is 15.9 Å². The van der Waals surface area contributed by atoms with Crippen LogP contribution in [0.4, 0.5) is 0 Å². The van der Waals surface area contributed by atoms with Gasteiger partial charge in [-0.05, 0) is 49.0 Å². The van der Waals surface area contributed by atoms with Crippen molar-refractivity contribution in [3.05, 3.63) is 15.9 Å². The van der Waals surface area contributed by atoms with E-state index in [9.17, 15) is 0 Å². The Morgan fingerprint density at radius 1 is 1.37 bits per heavy atom. The van der Waals surface area contributed by atoms with Crippen LogP contribution >= 0.6 is 15.9 Å². The van der Waals surface area contributed by atoms with Crippen LogP contribution in [0.5, 0.6) is 0 Å². The number of hydrogen-bond acceptors (Lipinski definition) is 3. The van der Waals surface area contributed by atoms with E-state index in [1.165, 1.54) is 42.5 Å². The van der Waals surface area contributed by atoms with Crippen molar-refractivity contribution in [3.63, 3.8) is 0 Å². The molecule has 0 amide bonds. The number of nitrogens with one attached hydrogen (secondary N) is 1. The lowest BCUT2D eigenvalue weighted by molar-refractivity contribution is 0.317. The molecule has 2 fully saturated rings. The summed E-state index contributed by atoms with van der Waals surface area (Å²) in [6, 6.07) is 1.55.